The molecule has 1 aliphatic rings. The van der Waals surface area contributed by atoms with Crippen molar-refractivity contribution in [1.29, 1.82) is 0 Å². The largest absolute Gasteiger partial charge is 0.469 e. The fraction of sp³-hybridized carbons (Fsp3) is 0.562. The Morgan fingerprint density at radius 1 is 1.25 bits per heavy atom. The number of methoxy groups -OCH3 is 1. The molecule has 0 heterocycles. The zero-order valence-electron chi connectivity index (χ0n) is 12.1. The van der Waals surface area contributed by atoms with Crippen molar-refractivity contribution in [3.63, 3.8) is 0 Å². The summed E-state index contributed by atoms with van der Waals surface area (Å²) in [6.45, 7) is 0.830. The molecule has 1 aliphatic carbocycles. The van der Waals surface area contributed by atoms with Crippen molar-refractivity contribution in [3.05, 3.63) is 35.4 Å². The molecule has 0 saturated heterocycles. The van der Waals surface area contributed by atoms with Gasteiger partial charge in [0.05, 0.1) is 13.5 Å². The van der Waals surface area contributed by atoms with Crippen molar-refractivity contribution in [2.75, 3.05) is 7.11 Å². The van der Waals surface area contributed by atoms with Gasteiger partial charge in [-0.25, -0.2) is 0 Å². The molecule has 3 N–H and O–H groups in total. The number of carbonyl (C=O) groups is 1. The van der Waals surface area contributed by atoms with Crippen LogP contribution in [0, 0.1) is 0 Å². The standard InChI is InChI=1S/C16H24N2O2/c1-20-16(19)10-12-6-8-13(9-7-12)11-18-15-5-3-2-4-14(15)17/h6-9,14-15,18H,2-5,10-11,17H2,1H3/t14-,15-/m0/s1. The van der Waals surface area contributed by atoms with Gasteiger partial charge in [-0.1, -0.05) is 37.1 Å². The molecule has 20 heavy (non-hydrogen) atoms. The van der Waals surface area contributed by atoms with Gasteiger partial charge in [-0.05, 0) is 24.0 Å². The third-order valence-corrected chi connectivity index (χ3v) is 3.99. The summed E-state index contributed by atoms with van der Waals surface area (Å²) in [6.07, 6.45) is 5.14. The van der Waals surface area contributed by atoms with Crippen LogP contribution in [0.25, 0.3) is 0 Å². The molecule has 4 heteroatoms. The van der Waals surface area contributed by atoms with E-state index in [-0.39, 0.29) is 12.0 Å². The van der Waals surface area contributed by atoms with E-state index in [0.717, 1.165) is 18.5 Å². The normalized spacial score (nSPS) is 22.5. The van der Waals surface area contributed by atoms with Crippen LogP contribution in [0.2, 0.25) is 0 Å². The van der Waals surface area contributed by atoms with Gasteiger partial charge < -0.3 is 15.8 Å². The van der Waals surface area contributed by atoms with Crippen LogP contribution < -0.4 is 11.1 Å². The van der Waals surface area contributed by atoms with Gasteiger partial charge in [0.25, 0.3) is 0 Å². The third-order valence-electron chi connectivity index (χ3n) is 3.99. The van der Waals surface area contributed by atoms with Crippen LogP contribution in [0.5, 0.6) is 0 Å². The van der Waals surface area contributed by atoms with Crippen LogP contribution in [-0.2, 0) is 22.5 Å². The summed E-state index contributed by atoms with van der Waals surface area (Å²) in [7, 11) is 1.41. The maximum atomic E-state index is 11.2. The molecule has 0 spiro atoms. The van der Waals surface area contributed by atoms with Gasteiger partial charge in [0.2, 0.25) is 0 Å². The van der Waals surface area contributed by atoms with Gasteiger partial charge in [-0.3, -0.25) is 4.79 Å². The highest BCUT2D eigenvalue weighted by atomic mass is 16.5. The summed E-state index contributed by atoms with van der Waals surface area (Å²) in [6, 6.07) is 8.78. The number of rotatable bonds is 5. The lowest BCUT2D eigenvalue weighted by Crippen LogP contribution is -2.46. The van der Waals surface area contributed by atoms with E-state index in [1.54, 1.807) is 0 Å². The molecule has 2 rings (SSSR count). The smallest absolute Gasteiger partial charge is 0.309 e. The molecule has 0 aromatic heterocycles. The van der Waals surface area contributed by atoms with Crippen LogP contribution in [0.4, 0.5) is 0 Å². The van der Waals surface area contributed by atoms with Crippen molar-refractivity contribution in [1.82, 2.24) is 5.32 Å². The Morgan fingerprint density at radius 2 is 1.90 bits per heavy atom. The first-order chi connectivity index (χ1) is 9.69. The van der Waals surface area contributed by atoms with Crippen LogP contribution in [-0.4, -0.2) is 25.2 Å². The quantitative estimate of drug-likeness (QED) is 0.804. The maximum Gasteiger partial charge on any atom is 0.309 e. The number of esters is 1. The fourth-order valence-electron chi connectivity index (χ4n) is 2.68. The summed E-state index contributed by atoms with van der Waals surface area (Å²) in [5, 5.41) is 3.54. The highest BCUT2D eigenvalue weighted by Gasteiger charge is 2.20. The molecule has 4 nitrogen and oxygen atoms in total. The minimum atomic E-state index is -0.205. The predicted molar refractivity (Wildman–Crippen MR) is 79.2 cm³/mol. The molecule has 2 atom stereocenters. The Kier molecular flexibility index (Phi) is 5.56. The lowest BCUT2D eigenvalue weighted by molar-refractivity contribution is -0.139. The van der Waals surface area contributed by atoms with Crippen molar-refractivity contribution in [2.24, 2.45) is 5.73 Å². The van der Waals surface area contributed by atoms with Gasteiger partial charge in [0.15, 0.2) is 0 Å². The second kappa shape index (κ2) is 7.41. The van der Waals surface area contributed by atoms with Crippen molar-refractivity contribution in [3.8, 4) is 0 Å². The molecule has 1 aromatic rings. The summed E-state index contributed by atoms with van der Waals surface area (Å²) >= 11 is 0. The zero-order valence-corrected chi connectivity index (χ0v) is 12.1. The number of benzene rings is 1. The second-order valence-electron chi connectivity index (χ2n) is 5.51. The van der Waals surface area contributed by atoms with E-state index in [4.69, 9.17) is 5.73 Å². The summed E-state index contributed by atoms with van der Waals surface area (Å²) in [5.74, 6) is -0.205. The minimum Gasteiger partial charge on any atom is -0.469 e. The Hall–Kier alpha value is -1.39. The number of hydrogen-bond acceptors (Lipinski definition) is 4. The molecular formula is C16H24N2O2. The Balaban J connectivity index is 1.82. The van der Waals surface area contributed by atoms with Gasteiger partial charge in [-0.15, -0.1) is 0 Å². The van der Waals surface area contributed by atoms with E-state index in [1.165, 1.54) is 31.9 Å². The number of ether oxygens (including phenoxy) is 1. The van der Waals surface area contributed by atoms with E-state index >= 15 is 0 Å². The Morgan fingerprint density at radius 3 is 2.55 bits per heavy atom. The Labute approximate surface area is 120 Å². The average molecular weight is 276 g/mol. The molecule has 110 valence electrons. The highest BCUT2D eigenvalue weighted by Crippen LogP contribution is 2.17. The number of nitrogens with two attached hydrogens (primary N) is 1. The number of hydrogen-bond donors (Lipinski definition) is 2. The topological polar surface area (TPSA) is 64.3 Å². The lowest BCUT2D eigenvalue weighted by Gasteiger charge is -2.29. The lowest BCUT2D eigenvalue weighted by atomic mass is 9.91. The van der Waals surface area contributed by atoms with Gasteiger partial charge in [0, 0.05) is 18.6 Å². The van der Waals surface area contributed by atoms with Crippen molar-refractivity contribution in [2.45, 2.75) is 50.7 Å². The molecule has 1 fully saturated rings. The number of nitrogens with one attached hydrogen (secondary N) is 1. The zero-order chi connectivity index (χ0) is 14.4. The molecule has 0 radical (unpaired) electrons. The van der Waals surface area contributed by atoms with Crippen molar-refractivity contribution < 1.29 is 9.53 Å². The van der Waals surface area contributed by atoms with E-state index in [0.29, 0.717) is 12.5 Å². The van der Waals surface area contributed by atoms with Crippen LogP contribution >= 0.6 is 0 Å². The van der Waals surface area contributed by atoms with E-state index in [2.05, 4.69) is 22.2 Å². The first kappa shape index (κ1) is 15.0. The predicted octanol–water partition coefficient (Wildman–Crippen LogP) is 1.76. The van der Waals surface area contributed by atoms with Crippen LogP contribution in [0.3, 0.4) is 0 Å². The van der Waals surface area contributed by atoms with Crippen molar-refractivity contribution >= 4 is 5.97 Å². The van der Waals surface area contributed by atoms with E-state index < -0.39 is 0 Å². The summed E-state index contributed by atoms with van der Waals surface area (Å²) in [4.78, 5) is 11.2. The molecule has 0 aliphatic heterocycles. The molecular weight excluding hydrogens is 252 g/mol. The highest BCUT2D eigenvalue weighted by molar-refractivity contribution is 5.72. The van der Waals surface area contributed by atoms with Gasteiger partial charge >= 0.3 is 5.97 Å². The van der Waals surface area contributed by atoms with Crippen LogP contribution in [0.15, 0.2) is 24.3 Å². The summed E-state index contributed by atoms with van der Waals surface area (Å²) in [5.41, 5.74) is 8.32. The van der Waals surface area contributed by atoms with E-state index in [1.807, 2.05) is 12.1 Å². The molecule has 1 saturated carbocycles. The van der Waals surface area contributed by atoms with Gasteiger partial charge in [-0.2, -0.15) is 0 Å². The molecule has 0 unspecified atom stereocenters. The van der Waals surface area contributed by atoms with Gasteiger partial charge in [0.1, 0.15) is 0 Å². The number of carbonyl (C=O) groups excluding carboxylic acids is 1. The second-order valence-corrected chi connectivity index (χ2v) is 5.51. The first-order valence-electron chi connectivity index (χ1n) is 7.32. The third kappa shape index (κ3) is 4.32. The monoisotopic (exact) mass is 276 g/mol. The fourth-order valence-corrected chi connectivity index (χ4v) is 2.68. The minimum absolute atomic E-state index is 0.205. The first-order valence-corrected chi connectivity index (χ1v) is 7.32. The molecule has 0 bridgehead atoms. The van der Waals surface area contributed by atoms with E-state index in [9.17, 15) is 4.79 Å². The van der Waals surface area contributed by atoms with Crippen LogP contribution in [0.1, 0.15) is 36.8 Å². The SMILES string of the molecule is COC(=O)Cc1ccc(CN[C@H]2CCCC[C@@H]2N)cc1. The maximum absolute atomic E-state index is 11.2. The summed E-state index contributed by atoms with van der Waals surface area (Å²) < 4.78 is 4.66. The Bertz CT molecular complexity index is 431. The molecule has 1 aromatic carbocycles. The average Bonchev–Trinajstić information content (AvgIpc) is 2.48. The molecule has 0 amide bonds.